The Balaban J connectivity index is 2.39. The highest BCUT2D eigenvalue weighted by molar-refractivity contribution is 7.13. The van der Waals surface area contributed by atoms with Crippen molar-refractivity contribution in [3.05, 3.63) is 23.2 Å². The molecule has 0 amide bonds. The van der Waals surface area contributed by atoms with E-state index in [0.29, 0.717) is 17.1 Å². The van der Waals surface area contributed by atoms with E-state index in [1.165, 1.54) is 16.0 Å². The molecule has 0 aliphatic carbocycles. The van der Waals surface area contributed by atoms with Gasteiger partial charge in [-0.1, -0.05) is 6.07 Å². The zero-order valence-electron chi connectivity index (χ0n) is 11.4. The number of aromatic nitrogens is 2. The molecule has 0 radical (unpaired) electrons. The normalized spacial score (nSPS) is 11.6. The minimum absolute atomic E-state index is 0.508. The molecule has 19 heavy (non-hydrogen) atoms. The highest BCUT2D eigenvalue weighted by atomic mass is 32.1. The molecule has 2 aromatic heterocycles. The molecule has 0 aliphatic heterocycles. The average Bonchev–Trinajstić information content (AvgIpc) is 2.87. The zero-order chi connectivity index (χ0) is 14.2. The van der Waals surface area contributed by atoms with E-state index in [-0.39, 0.29) is 0 Å². The first-order chi connectivity index (χ1) is 8.79. The summed E-state index contributed by atoms with van der Waals surface area (Å²) in [4.78, 5) is 13.0. The Kier molecular flexibility index (Phi) is 3.36. The van der Waals surface area contributed by atoms with Crippen LogP contribution in [0.3, 0.4) is 0 Å². The summed E-state index contributed by atoms with van der Waals surface area (Å²) in [5.41, 5.74) is 7.18. The third-order valence-electron chi connectivity index (χ3n) is 2.48. The number of thiophene rings is 1. The third-order valence-corrected chi connectivity index (χ3v) is 3.36. The van der Waals surface area contributed by atoms with Crippen LogP contribution in [0, 0.1) is 6.92 Å². The Labute approximate surface area is 116 Å². The van der Waals surface area contributed by atoms with Crippen LogP contribution in [0.1, 0.15) is 26.5 Å². The summed E-state index contributed by atoms with van der Waals surface area (Å²) in [7, 11) is 0. The smallest absolute Gasteiger partial charge is 0.435 e. The molecule has 2 aromatic rings. The molecule has 2 heterocycles. The molecule has 0 unspecified atom stereocenters. The average molecular weight is 279 g/mol. The Morgan fingerprint density at radius 1 is 1.47 bits per heavy atom. The van der Waals surface area contributed by atoms with Gasteiger partial charge in [-0.15, -0.1) is 11.3 Å². The summed E-state index contributed by atoms with van der Waals surface area (Å²) < 4.78 is 6.52. The lowest BCUT2D eigenvalue weighted by Crippen LogP contribution is -2.28. The van der Waals surface area contributed by atoms with Crippen LogP contribution < -0.4 is 5.73 Å². The van der Waals surface area contributed by atoms with E-state index in [1.807, 2.05) is 38.3 Å². The predicted molar refractivity (Wildman–Crippen MR) is 76.3 cm³/mol. The van der Waals surface area contributed by atoms with Crippen molar-refractivity contribution in [2.75, 3.05) is 5.73 Å². The molecule has 0 aliphatic rings. The molecule has 0 aromatic carbocycles. The fourth-order valence-corrected chi connectivity index (χ4v) is 2.32. The van der Waals surface area contributed by atoms with E-state index in [9.17, 15) is 4.79 Å². The zero-order valence-corrected chi connectivity index (χ0v) is 12.2. The SMILES string of the molecule is Cc1c(N)c(-c2cccs2)nn1C(=O)OC(C)(C)C. The van der Waals surface area contributed by atoms with Crippen LogP contribution in [0.5, 0.6) is 0 Å². The molecule has 2 rings (SSSR count). The van der Waals surface area contributed by atoms with Gasteiger partial charge in [-0.05, 0) is 39.1 Å². The van der Waals surface area contributed by atoms with Crippen LogP contribution in [-0.4, -0.2) is 21.5 Å². The Morgan fingerprint density at radius 3 is 2.68 bits per heavy atom. The maximum atomic E-state index is 12.0. The fraction of sp³-hybridized carbons (Fsp3) is 0.385. The second-order valence-electron chi connectivity index (χ2n) is 5.22. The highest BCUT2D eigenvalue weighted by Gasteiger charge is 2.23. The Bertz CT molecular complexity index is 594. The number of nitrogen functional groups attached to an aromatic ring is 1. The van der Waals surface area contributed by atoms with E-state index >= 15 is 0 Å². The summed E-state index contributed by atoms with van der Waals surface area (Å²) in [6.45, 7) is 7.19. The molecule has 5 nitrogen and oxygen atoms in total. The number of carbonyl (C=O) groups is 1. The molecule has 0 spiro atoms. The lowest BCUT2D eigenvalue weighted by molar-refractivity contribution is 0.0511. The molecule has 6 heteroatoms. The maximum absolute atomic E-state index is 12.0. The maximum Gasteiger partial charge on any atom is 0.435 e. The van der Waals surface area contributed by atoms with E-state index in [0.717, 1.165) is 4.88 Å². The van der Waals surface area contributed by atoms with Gasteiger partial charge in [-0.2, -0.15) is 9.78 Å². The van der Waals surface area contributed by atoms with Gasteiger partial charge < -0.3 is 10.5 Å². The van der Waals surface area contributed by atoms with Gasteiger partial charge in [0.2, 0.25) is 0 Å². The van der Waals surface area contributed by atoms with Gasteiger partial charge in [0.25, 0.3) is 0 Å². The van der Waals surface area contributed by atoms with Gasteiger partial charge in [0, 0.05) is 0 Å². The van der Waals surface area contributed by atoms with Crippen molar-refractivity contribution in [2.45, 2.75) is 33.3 Å². The quantitative estimate of drug-likeness (QED) is 0.869. The van der Waals surface area contributed by atoms with E-state index in [1.54, 1.807) is 6.92 Å². The lowest BCUT2D eigenvalue weighted by atomic mass is 10.2. The van der Waals surface area contributed by atoms with Gasteiger partial charge in [0.1, 0.15) is 11.3 Å². The Hall–Kier alpha value is -1.82. The van der Waals surface area contributed by atoms with Crippen molar-refractivity contribution >= 4 is 23.1 Å². The molecule has 0 atom stereocenters. The summed E-state index contributed by atoms with van der Waals surface area (Å²) >= 11 is 1.53. The van der Waals surface area contributed by atoms with Crippen LogP contribution in [0.25, 0.3) is 10.6 Å². The van der Waals surface area contributed by atoms with E-state index in [4.69, 9.17) is 10.5 Å². The monoisotopic (exact) mass is 279 g/mol. The number of hydrogen-bond acceptors (Lipinski definition) is 5. The standard InChI is InChI=1S/C13H17N3O2S/c1-8-10(14)11(9-6-5-7-19-9)15-16(8)12(17)18-13(2,3)4/h5-7H,14H2,1-4H3. The first-order valence-electron chi connectivity index (χ1n) is 5.92. The summed E-state index contributed by atoms with van der Waals surface area (Å²) in [6, 6.07) is 3.84. The molecule has 0 bridgehead atoms. The van der Waals surface area contributed by atoms with Crippen LogP contribution in [-0.2, 0) is 4.74 Å². The highest BCUT2D eigenvalue weighted by Crippen LogP contribution is 2.31. The first kappa shape index (κ1) is 13.6. The molecule has 102 valence electrons. The van der Waals surface area contributed by atoms with Gasteiger partial charge in [-0.3, -0.25) is 0 Å². The number of rotatable bonds is 1. The van der Waals surface area contributed by atoms with Crippen molar-refractivity contribution in [2.24, 2.45) is 0 Å². The Morgan fingerprint density at radius 2 is 2.16 bits per heavy atom. The number of anilines is 1. The van der Waals surface area contributed by atoms with Gasteiger partial charge >= 0.3 is 6.09 Å². The van der Waals surface area contributed by atoms with Gasteiger partial charge in [0.05, 0.1) is 16.3 Å². The molecule has 2 N–H and O–H groups in total. The van der Waals surface area contributed by atoms with Crippen LogP contribution in [0.4, 0.5) is 10.5 Å². The van der Waals surface area contributed by atoms with Crippen molar-refractivity contribution in [3.8, 4) is 10.6 Å². The van der Waals surface area contributed by atoms with Crippen molar-refractivity contribution in [1.29, 1.82) is 0 Å². The number of hydrogen-bond donors (Lipinski definition) is 1. The molecule has 0 fully saturated rings. The number of nitrogens with two attached hydrogens (primary N) is 1. The van der Waals surface area contributed by atoms with Gasteiger partial charge in [0.15, 0.2) is 0 Å². The molecular weight excluding hydrogens is 262 g/mol. The molecule has 0 saturated carbocycles. The largest absolute Gasteiger partial charge is 0.442 e. The second-order valence-corrected chi connectivity index (χ2v) is 6.16. The minimum Gasteiger partial charge on any atom is -0.442 e. The number of ether oxygens (including phenoxy) is 1. The first-order valence-corrected chi connectivity index (χ1v) is 6.80. The fourth-order valence-electron chi connectivity index (χ4n) is 1.59. The van der Waals surface area contributed by atoms with Crippen molar-refractivity contribution in [1.82, 2.24) is 9.78 Å². The number of nitrogens with zero attached hydrogens (tertiary/aromatic N) is 2. The summed E-state index contributed by atoms with van der Waals surface area (Å²) in [5, 5.41) is 6.20. The van der Waals surface area contributed by atoms with E-state index in [2.05, 4.69) is 5.10 Å². The predicted octanol–water partition coefficient (Wildman–Crippen LogP) is 3.29. The topological polar surface area (TPSA) is 70.1 Å². The minimum atomic E-state index is -0.562. The number of carbonyl (C=O) groups excluding carboxylic acids is 1. The van der Waals surface area contributed by atoms with Crippen LogP contribution in [0.2, 0.25) is 0 Å². The second kappa shape index (κ2) is 4.70. The molecule has 0 saturated heterocycles. The summed E-state index contributed by atoms with van der Waals surface area (Å²) in [5.74, 6) is 0. The van der Waals surface area contributed by atoms with Crippen molar-refractivity contribution in [3.63, 3.8) is 0 Å². The molecular formula is C13H17N3O2S. The van der Waals surface area contributed by atoms with Crippen LogP contribution >= 0.6 is 11.3 Å². The van der Waals surface area contributed by atoms with Gasteiger partial charge in [-0.25, -0.2) is 4.79 Å². The van der Waals surface area contributed by atoms with E-state index < -0.39 is 11.7 Å². The van der Waals surface area contributed by atoms with Crippen LogP contribution in [0.15, 0.2) is 17.5 Å². The lowest BCUT2D eigenvalue weighted by Gasteiger charge is -2.19. The summed E-state index contributed by atoms with van der Waals surface area (Å²) in [6.07, 6.45) is -0.514. The van der Waals surface area contributed by atoms with Crippen molar-refractivity contribution < 1.29 is 9.53 Å². The third kappa shape index (κ3) is 2.78.